The summed E-state index contributed by atoms with van der Waals surface area (Å²) in [6.45, 7) is 6.28. The van der Waals surface area contributed by atoms with Crippen LogP contribution in [0.1, 0.15) is 22.7 Å². The first kappa shape index (κ1) is 14.2. The maximum absolute atomic E-state index is 11.7. The highest BCUT2D eigenvalue weighted by Gasteiger charge is 2.37. The van der Waals surface area contributed by atoms with E-state index < -0.39 is 18.1 Å². The van der Waals surface area contributed by atoms with Crippen molar-refractivity contribution in [3.8, 4) is 0 Å². The number of carbonyl (C=O) groups is 1. The molecule has 3 rings (SSSR count). The van der Waals surface area contributed by atoms with Crippen molar-refractivity contribution >= 4 is 33.3 Å². The molecule has 0 saturated carbocycles. The number of nitrogens with zero attached hydrogens (tertiary/aromatic N) is 3. The third kappa shape index (κ3) is 2.26. The normalized spacial score (nSPS) is 22.2. The average Bonchev–Trinajstić information content (AvgIpc) is 2.91. The zero-order valence-electron chi connectivity index (χ0n) is 12.3. The van der Waals surface area contributed by atoms with Crippen LogP contribution in [0.5, 0.6) is 0 Å². The number of β-amino-alcohol motifs (C(OH)–C–C–N with tert-alkyl or cyclic N) is 1. The lowest BCUT2D eigenvalue weighted by Gasteiger charge is -2.24. The number of anilines is 1. The number of aliphatic hydroxyl groups is 1. The summed E-state index contributed by atoms with van der Waals surface area (Å²) in [7, 11) is 0. The predicted octanol–water partition coefficient (Wildman–Crippen LogP) is 1.04. The van der Waals surface area contributed by atoms with E-state index in [0.29, 0.717) is 24.6 Å². The number of aryl methyl sites for hydroxylation is 3. The summed E-state index contributed by atoms with van der Waals surface area (Å²) in [5, 5.41) is 10.9. The SMILES string of the molecule is Cc1nc(N2CC(O)CC2C(N)=O)c2c(C)c(C)sc2n1. The topological polar surface area (TPSA) is 92.3 Å². The Morgan fingerprint density at radius 3 is 2.76 bits per heavy atom. The second-order valence-electron chi connectivity index (χ2n) is 5.52. The minimum atomic E-state index is -0.562. The Morgan fingerprint density at radius 1 is 1.38 bits per heavy atom. The van der Waals surface area contributed by atoms with Crippen molar-refractivity contribution in [2.24, 2.45) is 5.73 Å². The van der Waals surface area contributed by atoms with Crippen LogP contribution in [0.3, 0.4) is 0 Å². The molecule has 3 heterocycles. The molecule has 1 amide bonds. The molecular formula is C14H18N4O2S. The number of amides is 1. The number of aromatic nitrogens is 2. The molecule has 0 spiro atoms. The Hall–Kier alpha value is -1.73. The maximum atomic E-state index is 11.7. The van der Waals surface area contributed by atoms with Gasteiger partial charge in [-0.05, 0) is 26.3 Å². The van der Waals surface area contributed by atoms with Gasteiger partial charge in [0, 0.05) is 17.8 Å². The highest BCUT2D eigenvalue weighted by Crippen LogP contribution is 2.37. The lowest BCUT2D eigenvalue weighted by molar-refractivity contribution is -0.119. The van der Waals surface area contributed by atoms with E-state index in [2.05, 4.69) is 9.97 Å². The van der Waals surface area contributed by atoms with Gasteiger partial charge in [-0.2, -0.15) is 0 Å². The van der Waals surface area contributed by atoms with Crippen molar-refractivity contribution < 1.29 is 9.90 Å². The summed E-state index contributed by atoms with van der Waals surface area (Å²) in [6, 6.07) is -0.517. The van der Waals surface area contributed by atoms with Crippen LogP contribution >= 0.6 is 11.3 Å². The number of hydrogen-bond donors (Lipinski definition) is 2. The Bertz CT molecular complexity index is 727. The fraction of sp³-hybridized carbons (Fsp3) is 0.500. The van der Waals surface area contributed by atoms with Crippen molar-refractivity contribution in [1.29, 1.82) is 0 Å². The third-order valence-electron chi connectivity index (χ3n) is 4.00. The summed E-state index contributed by atoms with van der Waals surface area (Å²) in [4.78, 5) is 24.6. The third-order valence-corrected chi connectivity index (χ3v) is 5.10. The predicted molar refractivity (Wildman–Crippen MR) is 82.6 cm³/mol. The van der Waals surface area contributed by atoms with Gasteiger partial charge in [0.05, 0.1) is 11.5 Å². The molecule has 0 aliphatic carbocycles. The lowest BCUT2D eigenvalue weighted by Crippen LogP contribution is -2.41. The molecule has 2 aromatic heterocycles. The van der Waals surface area contributed by atoms with Crippen molar-refractivity contribution in [3.63, 3.8) is 0 Å². The van der Waals surface area contributed by atoms with Gasteiger partial charge in [-0.1, -0.05) is 0 Å². The second-order valence-corrected chi connectivity index (χ2v) is 6.72. The largest absolute Gasteiger partial charge is 0.391 e. The molecular weight excluding hydrogens is 288 g/mol. The molecule has 2 atom stereocenters. The summed E-state index contributed by atoms with van der Waals surface area (Å²) in [5.41, 5.74) is 6.60. The highest BCUT2D eigenvalue weighted by atomic mass is 32.1. The minimum Gasteiger partial charge on any atom is -0.391 e. The van der Waals surface area contributed by atoms with E-state index in [1.807, 2.05) is 25.7 Å². The first-order valence-electron chi connectivity index (χ1n) is 6.87. The van der Waals surface area contributed by atoms with E-state index >= 15 is 0 Å². The van der Waals surface area contributed by atoms with Gasteiger partial charge in [-0.25, -0.2) is 9.97 Å². The summed E-state index contributed by atoms with van der Waals surface area (Å²) >= 11 is 1.62. The molecule has 0 aromatic carbocycles. The molecule has 1 aliphatic heterocycles. The molecule has 112 valence electrons. The number of carbonyl (C=O) groups excluding carboxylic acids is 1. The number of rotatable bonds is 2. The van der Waals surface area contributed by atoms with Gasteiger partial charge in [0.2, 0.25) is 5.91 Å². The van der Waals surface area contributed by atoms with Crippen LogP contribution < -0.4 is 10.6 Å². The molecule has 21 heavy (non-hydrogen) atoms. The van der Waals surface area contributed by atoms with Crippen molar-refractivity contribution in [2.45, 2.75) is 39.3 Å². The Morgan fingerprint density at radius 2 is 2.10 bits per heavy atom. The Kier molecular flexibility index (Phi) is 3.33. The number of thiophene rings is 1. The molecule has 1 aliphatic rings. The number of primary amides is 1. The molecule has 1 saturated heterocycles. The number of hydrogen-bond acceptors (Lipinski definition) is 6. The van der Waals surface area contributed by atoms with Crippen LogP contribution in [-0.2, 0) is 4.79 Å². The van der Waals surface area contributed by atoms with Gasteiger partial charge in [-0.15, -0.1) is 11.3 Å². The lowest BCUT2D eigenvalue weighted by atomic mass is 10.1. The van der Waals surface area contributed by atoms with Gasteiger partial charge in [-0.3, -0.25) is 4.79 Å². The maximum Gasteiger partial charge on any atom is 0.240 e. The van der Waals surface area contributed by atoms with Crippen molar-refractivity contribution in [3.05, 3.63) is 16.3 Å². The van der Waals surface area contributed by atoms with Gasteiger partial charge < -0.3 is 15.7 Å². The second kappa shape index (κ2) is 4.92. The van der Waals surface area contributed by atoms with E-state index in [9.17, 15) is 9.90 Å². The van der Waals surface area contributed by atoms with Gasteiger partial charge in [0.1, 0.15) is 22.5 Å². The average molecular weight is 306 g/mol. The quantitative estimate of drug-likeness (QED) is 0.865. The van der Waals surface area contributed by atoms with E-state index in [0.717, 1.165) is 15.8 Å². The Labute approximate surface area is 126 Å². The summed E-state index contributed by atoms with van der Waals surface area (Å²) in [5.74, 6) is 0.934. The summed E-state index contributed by atoms with van der Waals surface area (Å²) in [6.07, 6.45) is -0.213. The zero-order valence-corrected chi connectivity index (χ0v) is 13.1. The highest BCUT2D eigenvalue weighted by molar-refractivity contribution is 7.18. The van der Waals surface area contributed by atoms with Crippen LogP contribution in [0.2, 0.25) is 0 Å². The van der Waals surface area contributed by atoms with Crippen LogP contribution in [0.4, 0.5) is 5.82 Å². The van der Waals surface area contributed by atoms with Crippen molar-refractivity contribution in [1.82, 2.24) is 9.97 Å². The van der Waals surface area contributed by atoms with Gasteiger partial charge in [0.15, 0.2) is 0 Å². The molecule has 2 aromatic rings. The Balaban J connectivity index is 2.21. The molecule has 7 heteroatoms. The molecule has 0 radical (unpaired) electrons. The van der Waals surface area contributed by atoms with E-state index in [1.165, 1.54) is 4.88 Å². The zero-order chi connectivity index (χ0) is 15.3. The van der Waals surface area contributed by atoms with E-state index in [4.69, 9.17) is 5.73 Å². The van der Waals surface area contributed by atoms with Crippen LogP contribution in [0.15, 0.2) is 0 Å². The molecule has 2 unspecified atom stereocenters. The van der Waals surface area contributed by atoms with E-state index in [1.54, 1.807) is 11.3 Å². The molecule has 1 fully saturated rings. The van der Waals surface area contributed by atoms with Crippen LogP contribution in [0, 0.1) is 20.8 Å². The number of fused-ring (bicyclic) bond motifs is 1. The standard InChI is InChI=1S/C14H18N4O2S/c1-6-7(2)21-14-11(6)13(16-8(3)17-14)18-5-9(19)4-10(18)12(15)20/h9-10,19H,4-5H2,1-3H3,(H2,15,20). The minimum absolute atomic E-state index is 0.349. The first-order valence-corrected chi connectivity index (χ1v) is 7.68. The molecule has 0 bridgehead atoms. The first-order chi connectivity index (χ1) is 9.88. The van der Waals surface area contributed by atoms with Crippen LogP contribution in [0.25, 0.3) is 10.2 Å². The fourth-order valence-electron chi connectivity index (χ4n) is 2.86. The van der Waals surface area contributed by atoms with E-state index in [-0.39, 0.29) is 0 Å². The fourth-order valence-corrected chi connectivity index (χ4v) is 3.93. The summed E-state index contributed by atoms with van der Waals surface area (Å²) < 4.78 is 0. The van der Waals surface area contributed by atoms with Gasteiger partial charge in [0.25, 0.3) is 0 Å². The van der Waals surface area contributed by atoms with Crippen LogP contribution in [-0.4, -0.2) is 39.7 Å². The smallest absolute Gasteiger partial charge is 0.240 e. The molecule has 6 nitrogen and oxygen atoms in total. The molecule has 3 N–H and O–H groups in total. The monoisotopic (exact) mass is 306 g/mol. The van der Waals surface area contributed by atoms with Gasteiger partial charge >= 0.3 is 0 Å². The number of aliphatic hydroxyl groups excluding tert-OH is 1. The van der Waals surface area contributed by atoms with Crippen molar-refractivity contribution in [2.75, 3.05) is 11.4 Å². The number of nitrogens with two attached hydrogens (primary N) is 1.